The van der Waals surface area contributed by atoms with Gasteiger partial charge < -0.3 is 5.41 Å². The molecule has 150 valence electrons. The highest BCUT2D eigenvalue weighted by Gasteiger charge is 2.34. The first-order valence-electron chi connectivity index (χ1n) is 9.84. The van der Waals surface area contributed by atoms with E-state index in [1.807, 2.05) is 24.3 Å². The van der Waals surface area contributed by atoms with E-state index in [1.54, 1.807) is 24.3 Å². The van der Waals surface area contributed by atoms with E-state index in [1.165, 1.54) is 4.90 Å². The van der Waals surface area contributed by atoms with E-state index in [0.717, 1.165) is 5.56 Å². The molecule has 1 heterocycles. The summed E-state index contributed by atoms with van der Waals surface area (Å²) >= 11 is 0. The van der Waals surface area contributed by atoms with Gasteiger partial charge in [0.25, 0.3) is 11.8 Å². The van der Waals surface area contributed by atoms with Crippen LogP contribution in [0.1, 0.15) is 76.7 Å². The van der Waals surface area contributed by atoms with Crippen molar-refractivity contribution in [3.8, 4) is 0 Å². The van der Waals surface area contributed by atoms with E-state index in [0.29, 0.717) is 35.2 Å². The monoisotopic (exact) mass is 390 g/mol. The SMILES string of the molecule is CC(C)(C)c1ccc(C(=O)CC(=N)CCCN2C(=O)c3ccccc3C2=O)cc1. The molecule has 0 atom stereocenters. The van der Waals surface area contributed by atoms with E-state index in [9.17, 15) is 14.4 Å². The third-order valence-electron chi connectivity index (χ3n) is 5.19. The number of nitrogens with one attached hydrogen (secondary N) is 1. The van der Waals surface area contributed by atoms with E-state index in [-0.39, 0.29) is 36.0 Å². The Balaban J connectivity index is 1.50. The van der Waals surface area contributed by atoms with Gasteiger partial charge in [0.05, 0.1) is 11.1 Å². The van der Waals surface area contributed by atoms with E-state index >= 15 is 0 Å². The number of amides is 2. The Bertz CT molecular complexity index is 933. The Labute approximate surface area is 171 Å². The van der Waals surface area contributed by atoms with Gasteiger partial charge in [0.15, 0.2) is 5.78 Å². The first kappa shape index (κ1) is 20.6. The summed E-state index contributed by atoms with van der Waals surface area (Å²) < 4.78 is 0. The lowest BCUT2D eigenvalue weighted by Crippen LogP contribution is -2.31. The Morgan fingerprint density at radius 1 is 0.931 bits per heavy atom. The summed E-state index contributed by atoms with van der Waals surface area (Å²) in [6, 6.07) is 14.3. The van der Waals surface area contributed by atoms with Crippen LogP contribution >= 0.6 is 0 Å². The lowest BCUT2D eigenvalue weighted by Gasteiger charge is -2.19. The molecule has 0 aromatic heterocycles. The second-order valence-electron chi connectivity index (χ2n) is 8.44. The molecule has 1 aliphatic rings. The fourth-order valence-corrected chi connectivity index (χ4v) is 3.43. The van der Waals surface area contributed by atoms with Crippen molar-refractivity contribution in [2.75, 3.05) is 6.54 Å². The molecule has 0 unspecified atom stereocenters. The number of rotatable bonds is 7. The molecule has 3 rings (SSSR count). The molecule has 2 aromatic carbocycles. The van der Waals surface area contributed by atoms with Crippen molar-refractivity contribution in [3.63, 3.8) is 0 Å². The molecule has 2 aromatic rings. The number of ketones is 1. The van der Waals surface area contributed by atoms with Crippen LogP contribution in [0.25, 0.3) is 0 Å². The number of carbonyl (C=O) groups excluding carboxylic acids is 3. The normalized spacial score (nSPS) is 13.6. The quantitative estimate of drug-likeness (QED) is 0.424. The number of nitrogens with zero attached hydrogens (tertiary/aromatic N) is 1. The molecule has 29 heavy (non-hydrogen) atoms. The van der Waals surface area contributed by atoms with E-state index in [2.05, 4.69) is 20.8 Å². The van der Waals surface area contributed by atoms with Gasteiger partial charge in [-0.2, -0.15) is 0 Å². The van der Waals surface area contributed by atoms with Crippen LogP contribution in [0, 0.1) is 5.41 Å². The first-order valence-corrected chi connectivity index (χ1v) is 9.84. The van der Waals surface area contributed by atoms with E-state index < -0.39 is 0 Å². The van der Waals surface area contributed by atoms with Crippen LogP contribution < -0.4 is 0 Å². The van der Waals surface area contributed by atoms with Gasteiger partial charge in [-0.25, -0.2) is 0 Å². The van der Waals surface area contributed by atoms with Crippen LogP contribution in [0.3, 0.4) is 0 Å². The highest BCUT2D eigenvalue weighted by atomic mass is 16.2. The third kappa shape index (κ3) is 4.50. The molecule has 1 N–H and O–H groups in total. The molecule has 0 bridgehead atoms. The molecule has 5 heteroatoms. The fraction of sp³-hybridized carbons (Fsp3) is 0.333. The second kappa shape index (κ2) is 8.11. The lowest BCUT2D eigenvalue weighted by atomic mass is 9.86. The van der Waals surface area contributed by atoms with Crippen LogP contribution in [0.5, 0.6) is 0 Å². The maximum absolute atomic E-state index is 12.4. The molecule has 0 saturated heterocycles. The minimum atomic E-state index is -0.285. The largest absolute Gasteiger partial charge is 0.309 e. The Morgan fingerprint density at radius 2 is 1.48 bits per heavy atom. The molecular weight excluding hydrogens is 364 g/mol. The minimum Gasteiger partial charge on any atom is -0.309 e. The minimum absolute atomic E-state index is 0.0262. The predicted molar refractivity (Wildman–Crippen MR) is 113 cm³/mol. The van der Waals surface area contributed by atoms with Gasteiger partial charge in [-0.05, 0) is 36.0 Å². The van der Waals surface area contributed by atoms with Crippen LogP contribution in [0.15, 0.2) is 48.5 Å². The highest BCUT2D eigenvalue weighted by Crippen LogP contribution is 2.24. The highest BCUT2D eigenvalue weighted by molar-refractivity contribution is 6.21. The summed E-state index contributed by atoms with van der Waals surface area (Å²) in [6.45, 7) is 6.61. The number of carbonyl (C=O) groups is 3. The van der Waals surface area contributed by atoms with Crippen molar-refractivity contribution < 1.29 is 14.4 Å². The molecule has 0 spiro atoms. The molecule has 0 saturated carbocycles. The predicted octanol–water partition coefficient (Wildman–Crippen LogP) is 4.65. The molecule has 2 amide bonds. The number of hydrogen-bond acceptors (Lipinski definition) is 4. The number of hydrogen-bond donors (Lipinski definition) is 1. The van der Waals surface area contributed by atoms with Crippen LogP contribution in [0.4, 0.5) is 0 Å². The number of benzene rings is 2. The molecule has 1 aliphatic heterocycles. The van der Waals surface area contributed by atoms with Crippen molar-refractivity contribution in [1.82, 2.24) is 4.90 Å². The van der Waals surface area contributed by atoms with E-state index in [4.69, 9.17) is 5.41 Å². The van der Waals surface area contributed by atoms with Gasteiger partial charge in [-0.1, -0.05) is 57.2 Å². The summed E-state index contributed by atoms with van der Waals surface area (Å²) in [6.07, 6.45) is 0.900. The van der Waals surface area contributed by atoms with Gasteiger partial charge >= 0.3 is 0 Å². The lowest BCUT2D eigenvalue weighted by molar-refractivity contribution is 0.0652. The Kier molecular flexibility index (Phi) is 5.78. The topological polar surface area (TPSA) is 78.3 Å². The van der Waals surface area contributed by atoms with Crippen molar-refractivity contribution in [2.24, 2.45) is 0 Å². The van der Waals surface area contributed by atoms with Crippen molar-refractivity contribution >= 4 is 23.3 Å². The molecular formula is C24H26N2O3. The summed E-state index contributed by atoms with van der Waals surface area (Å²) in [5, 5.41) is 8.10. The van der Waals surface area contributed by atoms with Gasteiger partial charge in [-0.3, -0.25) is 19.3 Å². The number of Topliss-reactive ketones (excluding diaryl/α,β-unsaturated/α-hetero) is 1. The van der Waals surface area contributed by atoms with Crippen molar-refractivity contribution in [1.29, 1.82) is 5.41 Å². The molecule has 0 fully saturated rings. The number of imide groups is 1. The van der Waals surface area contributed by atoms with Crippen molar-refractivity contribution in [3.05, 3.63) is 70.8 Å². The van der Waals surface area contributed by atoms with Gasteiger partial charge in [0, 0.05) is 24.2 Å². The zero-order chi connectivity index (χ0) is 21.2. The van der Waals surface area contributed by atoms with Crippen LogP contribution in [0.2, 0.25) is 0 Å². The standard InChI is InChI=1S/C24H26N2O3/c1-24(2,3)17-12-10-16(11-13-17)21(27)15-18(25)7-6-14-26-22(28)19-8-4-5-9-20(19)23(26)29/h4-5,8-13,25H,6-7,14-15H2,1-3H3. The smallest absolute Gasteiger partial charge is 0.261 e. The summed E-state index contributed by atoms with van der Waals surface area (Å²) in [5.74, 6) is -0.657. The summed E-state index contributed by atoms with van der Waals surface area (Å²) in [5.41, 5.74) is 2.96. The first-order chi connectivity index (χ1) is 13.7. The number of fused-ring (bicyclic) bond motifs is 1. The molecule has 5 nitrogen and oxygen atoms in total. The average molecular weight is 390 g/mol. The van der Waals surface area contributed by atoms with Gasteiger partial charge in [0.1, 0.15) is 0 Å². The Hall–Kier alpha value is -3.08. The van der Waals surface area contributed by atoms with Crippen LogP contribution in [-0.4, -0.2) is 34.8 Å². The zero-order valence-electron chi connectivity index (χ0n) is 17.1. The summed E-state index contributed by atoms with van der Waals surface area (Å²) in [7, 11) is 0. The summed E-state index contributed by atoms with van der Waals surface area (Å²) in [4.78, 5) is 38.3. The second-order valence-corrected chi connectivity index (χ2v) is 8.44. The maximum atomic E-state index is 12.4. The van der Waals surface area contributed by atoms with Crippen LogP contribution in [-0.2, 0) is 5.41 Å². The molecule has 0 aliphatic carbocycles. The third-order valence-corrected chi connectivity index (χ3v) is 5.19. The van der Waals surface area contributed by atoms with Crippen molar-refractivity contribution in [2.45, 2.75) is 45.4 Å². The average Bonchev–Trinajstić information content (AvgIpc) is 2.92. The van der Waals surface area contributed by atoms with Gasteiger partial charge in [-0.15, -0.1) is 0 Å². The maximum Gasteiger partial charge on any atom is 0.261 e. The zero-order valence-corrected chi connectivity index (χ0v) is 17.1. The Morgan fingerprint density at radius 3 is 2.00 bits per heavy atom. The molecule has 0 radical (unpaired) electrons. The fourth-order valence-electron chi connectivity index (χ4n) is 3.43. The van der Waals surface area contributed by atoms with Gasteiger partial charge in [0.2, 0.25) is 0 Å².